The van der Waals surface area contributed by atoms with Crippen molar-refractivity contribution in [2.75, 3.05) is 0 Å². The summed E-state index contributed by atoms with van der Waals surface area (Å²) < 4.78 is 5.83. The lowest BCUT2D eigenvalue weighted by atomic mass is 9.69. The van der Waals surface area contributed by atoms with E-state index in [2.05, 4.69) is 10.6 Å². The summed E-state index contributed by atoms with van der Waals surface area (Å²) in [7, 11) is -1.67. The molecule has 0 spiro atoms. The van der Waals surface area contributed by atoms with Gasteiger partial charge in [0.25, 0.3) is 5.91 Å². The van der Waals surface area contributed by atoms with E-state index >= 15 is 0 Å². The molecule has 7 nitrogen and oxygen atoms in total. The predicted molar refractivity (Wildman–Crippen MR) is 138 cm³/mol. The molecule has 2 atom stereocenters. The molecule has 1 fully saturated rings. The molecule has 1 saturated carbocycles. The summed E-state index contributed by atoms with van der Waals surface area (Å²) in [4.78, 5) is 26.4. The van der Waals surface area contributed by atoms with E-state index in [0.717, 1.165) is 24.8 Å². The fraction of sp³-hybridized carbons (Fsp3) is 0.286. The molecule has 8 heteroatoms. The Labute approximate surface area is 211 Å². The minimum atomic E-state index is -1.67. The highest BCUT2D eigenvalue weighted by molar-refractivity contribution is 6.43. The van der Waals surface area contributed by atoms with Gasteiger partial charge in [-0.25, -0.2) is 0 Å². The van der Waals surface area contributed by atoms with Crippen LogP contribution in [0.3, 0.4) is 0 Å². The monoisotopic (exact) mass is 486 g/mol. The maximum atomic E-state index is 13.3. The second-order valence-electron chi connectivity index (χ2n) is 9.22. The van der Waals surface area contributed by atoms with Crippen LogP contribution in [0.2, 0.25) is 0 Å². The van der Waals surface area contributed by atoms with Crippen LogP contribution in [0.25, 0.3) is 0 Å². The van der Waals surface area contributed by atoms with Crippen molar-refractivity contribution >= 4 is 18.9 Å². The summed E-state index contributed by atoms with van der Waals surface area (Å²) in [5, 5.41) is 25.3. The molecule has 0 aliphatic heterocycles. The third-order valence-electron chi connectivity index (χ3n) is 6.48. The van der Waals surface area contributed by atoms with Gasteiger partial charge in [0.05, 0.1) is 5.94 Å². The van der Waals surface area contributed by atoms with Gasteiger partial charge >= 0.3 is 7.12 Å². The minimum Gasteiger partial charge on any atom is -0.457 e. The molecule has 1 aliphatic carbocycles. The van der Waals surface area contributed by atoms with Gasteiger partial charge in [0.2, 0.25) is 5.91 Å². The van der Waals surface area contributed by atoms with Crippen LogP contribution in [0.5, 0.6) is 11.5 Å². The molecule has 186 valence electrons. The molecule has 0 heterocycles. The van der Waals surface area contributed by atoms with Crippen molar-refractivity contribution in [3.05, 3.63) is 96.1 Å². The Morgan fingerprint density at radius 3 is 2.19 bits per heavy atom. The number of ether oxygens (including phenoxy) is 1. The first-order valence-corrected chi connectivity index (χ1v) is 12.3. The van der Waals surface area contributed by atoms with Gasteiger partial charge in [0, 0.05) is 12.0 Å². The van der Waals surface area contributed by atoms with Crippen molar-refractivity contribution in [3.63, 3.8) is 0 Å². The lowest BCUT2D eigenvalue weighted by molar-refractivity contribution is -0.123. The Balaban J connectivity index is 1.48. The number of para-hydroxylation sites is 1. The van der Waals surface area contributed by atoms with E-state index in [9.17, 15) is 19.6 Å². The lowest BCUT2D eigenvalue weighted by Crippen LogP contribution is -2.55. The number of hydrogen-bond acceptors (Lipinski definition) is 5. The summed E-state index contributed by atoms with van der Waals surface area (Å²) in [5.74, 6) is -0.156. The van der Waals surface area contributed by atoms with Crippen molar-refractivity contribution in [1.29, 1.82) is 0 Å². The van der Waals surface area contributed by atoms with Crippen LogP contribution >= 0.6 is 0 Å². The topological polar surface area (TPSA) is 108 Å². The first kappa shape index (κ1) is 25.5. The smallest absolute Gasteiger partial charge is 0.457 e. The highest BCUT2D eigenvalue weighted by Crippen LogP contribution is 2.30. The second-order valence-corrected chi connectivity index (χ2v) is 9.22. The summed E-state index contributed by atoms with van der Waals surface area (Å²) in [5.41, 5.74) is 1.22. The molecule has 4 rings (SSSR count). The van der Waals surface area contributed by atoms with Gasteiger partial charge in [0.15, 0.2) is 0 Å². The Morgan fingerprint density at radius 1 is 0.889 bits per heavy atom. The summed E-state index contributed by atoms with van der Waals surface area (Å²) in [6.45, 7) is 0. The number of carbonyl (C=O) groups is 2. The van der Waals surface area contributed by atoms with Crippen LogP contribution in [0.1, 0.15) is 41.6 Å². The molecule has 36 heavy (non-hydrogen) atoms. The zero-order valence-corrected chi connectivity index (χ0v) is 20.0. The molecule has 3 aromatic rings. The molecular weight excluding hydrogens is 455 g/mol. The van der Waals surface area contributed by atoms with Crippen molar-refractivity contribution < 1.29 is 24.4 Å². The number of rotatable bonds is 11. The molecule has 0 bridgehead atoms. The van der Waals surface area contributed by atoms with Crippen LogP contribution < -0.4 is 15.4 Å². The number of nitrogens with one attached hydrogen (secondary N) is 2. The van der Waals surface area contributed by atoms with Gasteiger partial charge in [-0.05, 0) is 48.2 Å². The molecule has 0 unspecified atom stereocenters. The highest BCUT2D eigenvalue weighted by atomic mass is 16.5. The van der Waals surface area contributed by atoms with Gasteiger partial charge in [-0.3, -0.25) is 9.59 Å². The Hall–Kier alpha value is -3.62. The quantitative estimate of drug-likeness (QED) is 0.311. The molecule has 3 aromatic carbocycles. The fourth-order valence-corrected chi connectivity index (χ4v) is 4.25. The zero-order chi connectivity index (χ0) is 25.3. The summed E-state index contributed by atoms with van der Waals surface area (Å²) in [6, 6.07) is 24.5. The van der Waals surface area contributed by atoms with E-state index in [0.29, 0.717) is 29.4 Å². The number of hydrogen-bond donors (Lipinski definition) is 4. The Kier molecular flexibility index (Phi) is 8.76. The third kappa shape index (κ3) is 7.20. The van der Waals surface area contributed by atoms with E-state index < -0.39 is 30.9 Å². The minimum absolute atomic E-state index is 0.260. The SMILES string of the molecule is O=C(N[C@@H](Cc1ccccc1)C(=O)N[C@@H](CC1CCC1)B(O)O)c1cccc(Oc2ccccc2)c1. The molecule has 1 aliphatic rings. The third-order valence-corrected chi connectivity index (χ3v) is 6.48. The van der Waals surface area contributed by atoms with E-state index in [1.165, 1.54) is 0 Å². The van der Waals surface area contributed by atoms with Crippen molar-refractivity contribution in [3.8, 4) is 11.5 Å². The lowest BCUT2D eigenvalue weighted by Gasteiger charge is -2.30. The number of carbonyl (C=O) groups excluding carboxylic acids is 2. The van der Waals surface area contributed by atoms with Gasteiger partial charge in [-0.1, -0.05) is 73.9 Å². The van der Waals surface area contributed by atoms with Gasteiger partial charge < -0.3 is 25.4 Å². The molecular formula is C28H31BN2O5. The van der Waals surface area contributed by atoms with Crippen LogP contribution in [-0.2, 0) is 11.2 Å². The normalized spacial score (nSPS) is 14.7. The number of amides is 2. The van der Waals surface area contributed by atoms with Crippen LogP contribution in [0.15, 0.2) is 84.9 Å². The highest BCUT2D eigenvalue weighted by Gasteiger charge is 2.33. The van der Waals surface area contributed by atoms with Crippen molar-refractivity contribution in [2.45, 2.75) is 44.1 Å². The molecule has 2 amide bonds. The Bertz CT molecular complexity index is 1140. The largest absolute Gasteiger partial charge is 0.475 e. The van der Waals surface area contributed by atoms with E-state index in [1.54, 1.807) is 24.3 Å². The van der Waals surface area contributed by atoms with E-state index in [1.807, 2.05) is 60.7 Å². The number of benzene rings is 3. The van der Waals surface area contributed by atoms with Gasteiger partial charge in [-0.2, -0.15) is 0 Å². The molecule has 0 saturated heterocycles. The predicted octanol–water partition coefficient (Wildman–Crippen LogP) is 3.51. The van der Waals surface area contributed by atoms with Gasteiger partial charge in [-0.15, -0.1) is 0 Å². The van der Waals surface area contributed by atoms with E-state index in [-0.39, 0.29) is 6.42 Å². The standard InChI is InChI=1S/C28H31BN2O5/c32-27(22-13-8-16-24(19-22)36-23-14-5-2-6-15-23)30-25(17-20-9-3-1-4-10-20)28(33)31-26(29(34)35)18-21-11-7-12-21/h1-6,8-10,13-16,19,21,25-26,34-35H,7,11-12,17-18H2,(H,30,32)(H,31,33)/t25-,26-/m0/s1. The summed E-state index contributed by atoms with van der Waals surface area (Å²) in [6.07, 6.45) is 3.91. The van der Waals surface area contributed by atoms with Crippen LogP contribution in [0, 0.1) is 5.92 Å². The average Bonchev–Trinajstić information content (AvgIpc) is 2.86. The van der Waals surface area contributed by atoms with Crippen LogP contribution in [0.4, 0.5) is 0 Å². The van der Waals surface area contributed by atoms with Crippen molar-refractivity contribution in [1.82, 2.24) is 10.6 Å². The van der Waals surface area contributed by atoms with Gasteiger partial charge in [0.1, 0.15) is 17.5 Å². The maximum Gasteiger partial charge on any atom is 0.475 e. The average molecular weight is 486 g/mol. The summed E-state index contributed by atoms with van der Waals surface area (Å²) >= 11 is 0. The Morgan fingerprint density at radius 2 is 1.56 bits per heavy atom. The second kappa shape index (κ2) is 12.4. The molecule has 0 aromatic heterocycles. The van der Waals surface area contributed by atoms with Crippen molar-refractivity contribution in [2.24, 2.45) is 5.92 Å². The van der Waals surface area contributed by atoms with E-state index in [4.69, 9.17) is 4.74 Å². The van der Waals surface area contributed by atoms with Crippen LogP contribution in [-0.4, -0.2) is 41.0 Å². The molecule has 0 radical (unpaired) electrons. The fourth-order valence-electron chi connectivity index (χ4n) is 4.25. The maximum absolute atomic E-state index is 13.3. The zero-order valence-electron chi connectivity index (χ0n) is 20.0. The molecule has 4 N–H and O–H groups in total. The first-order valence-electron chi connectivity index (χ1n) is 12.3. The first-order chi connectivity index (χ1) is 17.5.